The number of benzene rings is 1. The number of nitrogens with zero attached hydrogens (tertiary/aromatic N) is 4. The van der Waals surface area contributed by atoms with E-state index >= 15 is 0 Å². The first-order chi connectivity index (χ1) is 18.2. The minimum atomic E-state index is -0.144. The van der Waals surface area contributed by atoms with Crippen LogP contribution in [-0.4, -0.2) is 26.4 Å². The van der Waals surface area contributed by atoms with Crippen LogP contribution in [0.2, 0.25) is 0 Å². The molecule has 2 heterocycles. The molecule has 0 fully saturated rings. The molecule has 0 saturated carbocycles. The van der Waals surface area contributed by atoms with E-state index in [9.17, 15) is 10.1 Å². The molecule has 38 heavy (non-hydrogen) atoms. The number of aryl methyl sites for hydroxylation is 2. The maximum atomic E-state index is 12.9. The summed E-state index contributed by atoms with van der Waals surface area (Å²) in [6, 6.07) is 8.48. The van der Waals surface area contributed by atoms with Crippen molar-refractivity contribution in [3.05, 3.63) is 51.2 Å². The Morgan fingerprint density at radius 1 is 1.32 bits per heavy atom. The van der Waals surface area contributed by atoms with Crippen molar-refractivity contribution >= 4 is 34.0 Å². The minimum absolute atomic E-state index is 0.144. The van der Waals surface area contributed by atoms with Gasteiger partial charge in [-0.25, -0.2) is 0 Å². The summed E-state index contributed by atoms with van der Waals surface area (Å²) in [5.41, 5.74) is 4.25. The summed E-state index contributed by atoms with van der Waals surface area (Å²) in [5.74, 6) is 2.20. The number of carbonyl (C=O) groups excluding carboxylic acids is 1. The molecule has 0 saturated heterocycles. The van der Waals surface area contributed by atoms with Gasteiger partial charge in [0.1, 0.15) is 23.4 Å². The van der Waals surface area contributed by atoms with Crippen LogP contribution in [0.25, 0.3) is 0 Å². The number of ether oxygens (including phenoxy) is 1. The van der Waals surface area contributed by atoms with Gasteiger partial charge in [0.15, 0.2) is 11.0 Å². The number of nitrogens with one attached hydrogen (secondary N) is 1. The molecule has 1 unspecified atom stereocenters. The van der Waals surface area contributed by atoms with Gasteiger partial charge in [-0.2, -0.15) is 5.26 Å². The number of fused-ring (bicyclic) bond motifs is 1. The average molecular weight is 552 g/mol. The van der Waals surface area contributed by atoms with Crippen molar-refractivity contribution < 1.29 is 9.53 Å². The van der Waals surface area contributed by atoms with Gasteiger partial charge in [-0.15, -0.1) is 21.5 Å². The summed E-state index contributed by atoms with van der Waals surface area (Å²) in [4.78, 5) is 14.2. The fraction of sp³-hybridized carbons (Fsp3) is 0.517. The van der Waals surface area contributed by atoms with Gasteiger partial charge in [0, 0.05) is 11.4 Å². The lowest BCUT2D eigenvalue weighted by atomic mass is 9.69. The van der Waals surface area contributed by atoms with E-state index in [-0.39, 0.29) is 17.1 Å². The monoisotopic (exact) mass is 551 g/mol. The first-order valence-corrected chi connectivity index (χ1v) is 15.1. The van der Waals surface area contributed by atoms with E-state index in [2.05, 4.69) is 48.4 Å². The van der Waals surface area contributed by atoms with Crippen molar-refractivity contribution in [2.24, 2.45) is 11.3 Å². The number of hydrogen-bond donors (Lipinski definition) is 1. The fourth-order valence-corrected chi connectivity index (χ4v) is 7.01. The summed E-state index contributed by atoms with van der Waals surface area (Å²) in [6.07, 6.45) is 4.10. The van der Waals surface area contributed by atoms with Crippen molar-refractivity contribution in [1.82, 2.24) is 14.8 Å². The third-order valence-electron chi connectivity index (χ3n) is 7.79. The Bertz CT molecular complexity index is 1350. The van der Waals surface area contributed by atoms with Crippen LogP contribution >= 0.6 is 23.1 Å². The molecule has 1 aliphatic carbocycles. The molecule has 3 aromatic rings. The van der Waals surface area contributed by atoms with E-state index in [4.69, 9.17) is 4.74 Å². The smallest absolute Gasteiger partial charge is 0.235 e. The number of thiophene rings is 1. The van der Waals surface area contributed by atoms with E-state index in [0.29, 0.717) is 34.8 Å². The van der Waals surface area contributed by atoms with Crippen LogP contribution in [0.15, 0.2) is 23.4 Å². The van der Waals surface area contributed by atoms with Crippen LogP contribution in [0.4, 0.5) is 5.00 Å². The van der Waals surface area contributed by atoms with Gasteiger partial charge in [-0.1, -0.05) is 51.1 Å². The highest BCUT2D eigenvalue weighted by atomic mass is 32.2. The zero-order chi connectivity index (χ0) is 27.4. The molecular weight excluding hydrogens is 514 g/mol. The summed E-state index contributed by atoms with van der Waals surface area (Å²) in [6.45, 7) is 14.0. The minimum Gasteiger partial charge on any atom is -0.485 e. The van der Waals surface area contributed by atoms with E-state index < -0.39 is 0 Å². The van der Waals surface area contributed by atoms with Crippen LogP contribution in [0.5, 0.6) is 5.75 Å². The van der Waals surface area contributed by atoms with Gasteiger partial charge in [0.05, 0.1) is 11.3 Å². The highest BCUT2D eigenvalue weighted by molar-refractivity contribution is 7.99. The van der Waals surface area contributed by atoms with Gasteiger partial charge in [-0.3, -0.25) is 4.79 Å². The van der Waals surface area contributed by atoms with Crippen LogP contribution < -0.4 is 10.1 Å². The predicted molar refractivity (Wildman–Crippen MR) is 154 cm³/mol. The molecule has 4 rings (SSSR count). The standard InChI is InChI=1S/C29H37N5O2S2/c1-7-29(5,6)20-11-12-21-22(15-30)27(38-24(21)14-20)31-26(35)17-37-28-33-32-25(34(28)8-2)16-36-23-13-18(3)9-10-19(23)4/h9-10,13,20H,7-8,11-12,14,16-17H2,1-6H3,(H,31,35). The molecule has 0 spiro atoms. The molecule has 7 nitrogen and oxygen atoms in total. The first-order valence-electron chi connectivity index (χ1n) is 13.3. The topological polar surface area (TPSA) is 92.8 Å². The number of anilines is 1. The Morgan fingerprint density at radius 2 is 2.11 bits per heavy atom. The quantitative estimate of drug-likeness (QED) is 0.282. The Hall–Kier alpha value is -2.83. The van der Waals surface area contributed by atoms with E-state index in [1.807, 2.05) is 37.5 Å². The number of nitriles is 1. The number of carbonyl (C=O) groups is 1. The number of hydrogen-bond acceptors (Lipinski definition) is 7. The Balaban J connectivity index is 1.39. The molecule has 9 heteroatoms. The summed E-state index contributed by atoms with van der Waals surface area (Å²) < 4.78 is 8.00. The lowest BCUT2D eigenvalue weighted by Gasteiger charge is -2.36. The molecule has 202 valence electrons. The first kappa shape index (κ1) is 28.2. The summed E-state index contributed by atoms with van der Waals surface area (Å²) >= 11 is 2.92. The van der Waals surface area contributed by atoms with Crippen LogP contribution in [-0.2, 0) is 30.8 Å². The Kier molecular flexibility index (Phi) is 8.84. The number of amides is 1. The van der Waals surface area contributed by atoms with Crippen LogP contribution in [0.1, 0.15) is 73.5 Å². The van der Waals surface area contributed by atoms with Gasteiger partial charge in [0.2, 0.25) is 5.91 Å². The molecule has 1 aliphatic rings. The zero-order valence-electron chi connectivity index (χ0n) is 23.2. The molecule has 0 aliphatic heterocycles. The number of thioether (sulfide) groups is 1. The maximum Gasteiger partial charge on any atom is 0.235 e. The van der Waals surface area contributed by atoms with Gasteiger partial charge >= 0.3 is 0 Å². The third kappa shape index (κ3) is 6.08. The van der Waals surface area contributed by atoms with Crippen molar-refractivity contribution in [3.8, 4) is 11.8 Å². The van der Waals surface area contributed by atoms with Gasteiger partial charge in [0.25, 0.3) is 0 Å². The van der Waals surface area contributed by atoms with E-state index in [0.717, 1.165) is 53.9 Å². The maximum absolute atomic E-state index is 12.9. The average Bonchev–Trinajstić information content (AvgIpc) is 3.46. The van der Waals surface area contributed by atoms with Crippen LogP contribution in [0, 0.1) is 36.5 Å². The molecule has 1 N–H and O–H groups in total. The molecular formula is C29H37N5O2S2. The molecule has 1 amide bonds. The highest BCUT2D eigenvalue weighted by Crippen LogP contribution is 2.45. The second-order valence-corrected chi connectivity index (χ2v) is 12.7. The summed E-state index contributed by atoms with van der Waals surface area (Å²) in [5, 5.41) is 22.9. The van der Waals surface area contributed by atoms with Gasteiger partial charge < -0.3 is 14.6 Å². The molecule has 2 aromatic heterocycles. The van der Waals surface area contributed by atoms with Crippen molar-refractivity contribution in [3.63, 3.8) is 0 Å². The highest BCUT2D eigenvalue weighted by Gasteiger charge is 2.34. The second-order valence-electron chi connectivity index (χ2n) is 10.6. The summed E-state index contributed by atoms with van der Waals surface area (Å²) in [7, 11) is 0. The lowest BCUT2D eigenvalue weighted by Crippen LogP contribution is -2.28. The molecule has 1 aromatic carbocycles. The molecule has 0 bridgehead atoms. The molecule has 1 atom stereocenters. The largest absolute Gasteiger partial charge is 0.485 e. The fourth-order valence-electron chi connectivity index (χ4n) is 4.90. The SMILES string of the molecule is CCn1c(COc2cc(C)ccc2C)nnc1SCC(=O)Nc1sc2c(c1C#N)CCC(C(C)(C)CC)C2. The lowest BCUT2D eigenvalue weighted by molar-refractivity contribution is -0.113. The zero-order valence-corrected chi connectivity index (χ0v) is 24.8. The Labute approximate surface area is 234 Å². The van der Waals surface area contributed by atoms with Crippen molar-refractivity contribution in [1.29, 1.82) is 5.26 Å². The van der Waals surface area contributed by atoms with Gasteiger partial charge in [-0.05, 0) is 74.1 Å². The number of aromatic nitrogens is 3. The predicted octanol–water partition coefficient (Wildman–Crippen LogP) is 6.70. The molecule has 0 radical (unpaired) electrons. The second kappa shape index (κ2) is 11.9. The van der Waals surface area contributed by atoms with Crippen LogP contribution in [0.3, 0.4) is 0 Å². The van der Waals surface area contributed by atoms with E-state index in [1.165, 1.54) is 16.6 Å². The normalized spacial score (nSPS) is 15.1. The van der Waals surface area contributed by atoms with E-state index in [1.54, 1.807) is 11.3 Å². The Morgan fingerprint density at radius 3 is 2.82 bits per heavy atom. The van der Waals surface area contributed by atoms with Crippen molar-refractivity contribution in [2.45, 2.75) is 85.5 Å². The number of rotatable bonds is 10. The van der Waals surface area contributed by atoms with Crippen molar-refractivity contribution in [2.75, 3.05) is 11.1 Å². The third-order valence-corrected chi connectivity index (χ3v) is 9.93.